The third-order valence-corrected chi connectivity index (χ3v) is 3.69. The highest BCUT2D eigenvalue weighted by Gasteiger charge is 2.23. The Morgan fingerprint density at radius 1 is 1.44 bits per heavy atom. The summed E-state index contributed by atoms with van der Waals surface area (Å²) in [5.74, 6) is 1.04. The van der Waals surface area contributed by atoms with Gasteiger partial charge < -0.3 is 10.3 Å². The van der Waals surface area contributed by atoms with E-state index in [1.54, 1.807) is 0 Å². The molecule has 1 atom stereocenters. The molecule has 0 aliphatic heterocycles. The topological polar surface area (TPSA) is 40.7 Å². The fraction of sp³-hybridized carbons (Fsp3) is 0.769. The smallest absolute Gasteiger partial charge is 0.120 e. The van der Waals surface area contributed by atoms with Crippen molar-refractivity contribution >= 4 is 0 Å². The Hall–Kier alpha value is -0.830. The Labute approximate surface area is 98.1 Å². The molecule has 1 fully saturated rings. The molecule has 0 spiro atoms. The van der Waals surface area contributed by atoms with E-state index >= 15 is 0 Å². The van der Waals surface area contributed by atoms with E-state index in [9.17, 15) is 0 Å². The average molecular weight is 221 g/mol. The van der Waals surface area contributed by atoms with E-state index < -0.39 is 0 Å². The monoisotopic (exact) mass is 221 g/mol. The lowest BCUT2D eigenvalue weighted by molar-refractivity contribution is 0.309. The molecule has 1 unspecified atom stereocenters. The maximum Gasteiger partial charge on any atom is 0.120 e. The van der Waals surface area contributed by atoms with Crippen LogP contribution in [0.3, 0.4) is 0 Å². The van der Waals surface area contributed by atoms with Crippen molar-refractivity contribution in [1.29, 1.82) is 0 Å². The zero-order valence-electron chi connectivity index (χ0n) is 10.4. The first kappa shape index (κ1) is 11.6. The van der Waals surface area contributed by atoms with Crippen LogP contribution >= 0.6 is 0 Å². The van der Waals surface area contributed by atoms with E-state index in [0.29, 0.717) is 11.5 Å². The van der Waals surface area contributed by atoms with E-state index in [0.717, 1.165) is 12.4 Å². The molecule has 1 aliphatic rings. The molecule has 0 aromatic carbocycles. The first-order valence-electron chi connectivity index (χ1n) is 6.37. The quantitative estimate of drug-likeness (QED) is 0.771. The molecule has 0 bridgehead atoms. The lowest BCUT2D eigenvalue weighted by Gasteiger charge is -2.22. The van der Waals surface area contributed by atoms with Gasteiger partial charge in [0.1, 0.15) is 5.82 Å². The standard InChI is InChI=1S/C13H23N3/c1-13(2)6-3-4-11(5-7-13)16-10-12-14-8-9-15-12/h8-9,11,16H,3-7,10H2,1-2H3,(H,14,15). The summed E-state index contributed by atoms with van der Waals surface area (Å²) in [6.45, 7) is 5.65. The predicted molar refractivity (Wildman–Crippen MR) is 66.1 cm³/mol. The summed E-state index contributed by atoms with van der Waals surface area (Å²) in [7, 11) is 0. The second-order valence-corrected chi connectivity index (χ2v) is 5.71. The second-order valence-electron chi connectivity index (χ2n) is 5.71. The maximum atomic E-state index is 4.23. The molecule has 0 amide bonds. The van der Waals surface area contributed by atoms with E-state index in [4.69, 9.17) is 0 Å². The van der Waals surface area contributed by atoms with Crippen molar-refractivity contribution in [1.82, 2.24) is 15.3 Å². The summed E-state index contributed by atoms with van der Waals surface area (Å²) < 4.78 is 0. The van der Waals surface area contributed by atoms with Crippen LogP contribution in [0, 0.1) is 5.41 Å². The molecule has 0 saturated heterocycles. The SMILES string of the molecule is CC1(C)CCCC(NCc2ncc[nH]2)CC1. The molecule has 0 radical (unpaired) electrons. The summed E-state index contributed by atoms with van der Waals surface area (Å²) in [6, 6.07) is 0.673. The second kappa shape index (κ2) is 5.00. The molecule has 1 aromatic rings. The number of imidazole rings is 1. The third-order valence-electron chi connectivity index (χ3n) is 3.69. The molecule has 16 heavy (non-hydrogen) atoms. The highest BCUT2D eigenvalue weighted by molar-refractivity contribution is 4.88. The zero-order chi connectivity index (χ0) is 11.4. The van der Waals surface area contributed by atoms with Gasteiger partial charge in [0.15, 0.2) is 0 Å². The Kier molecular flexibility index (Phi) is 3.64. The molecule has 3 heteroatoms. The molecule has 1 heterocycles. The number of rotatable bonds is 3. The average Bonchev–Trinajstić information content (AvgIpc) is 2.68. The van der Waals surface area contributed by atoms with E-state index in [1.165, 1.54) is 32.1 Å². The van der Waals surface area contributed by atoms with Gasteiger partial charge in [-0.3, -0.25) is 0 Å². The van der Waals surface area contributed by atoms with Crippen molar-refractivity contribution in [2.75, 3.05) is 0 Å². The number of hydrogen-bond donors (Lipinski definition) is 2. The number of H-pyrrole nitrogens is 1. The molecule has 2 rings (SSSR count). The minimum absolute atomic E-state index is 0.543. The number of nitrogens with zero attached hydrogens (tertiary/aromatic N) is 1. The molecule has 2 N–H and O–H groups in total. The fourth-order valence-electron chi connectivity index (χ4n) is 2.50. The van der Waals surface area contributed by atoms with Gasteiger partial charge in [-0.15, -0.1) is 0 Å². The molecular weight excluding hydrogens is 198 g/mol. The van der Waals surface area contributed by atoms with Gasteiger partial charge in [-0.2, -0.15) is 0 Å². The molecule has 1 aromatic heterocycles. The van der Waals surface area contributed by atoms with Crippen molar-refractivity contribution in [3.63, 3.8) is 0 Å². The van der Waals surface area contributed by atoms with Crippen molar-refractivity contribution < 1.29 is 0 Å². The largest absolute Gasteiger partial charge is 0.348 e. The van der Waals surface area contributed by atoms with Crippen molar-refractivity contribution in [2.24, 2.45) is 5.41 Å². The summed E-state index contributed by atoms with van der Waals surface area (Å²) in [5.41, 5.74) is 0.543. The Balaban J connectivity index is 1.78. The van der Waals surface area contributed by atoms with Gasteiger partial charge in [0.25, 0.3) is 0 Å². The summed E-state index contributed by atoms with van der Waals surface area (Å²) >= 11 is 0. The van der Waals surface area contributed by atoms with Crippen molar-refractivity contribution in [3.05, 3.63) is 18.2 Å². The van der Waals surface area contributed by atoms with Gasteiger partial charge in [-0.1, -0.05) is 20.3 Å². The van der Waals surface area contributed by atoms with Gasteiger partial charge in [0.05, 0.1) is 6.54 Å². The molecule has 3 nitrogen and oxygen atoms in total. The van der Waals surface area contributed by atoms with Gasteiger partial charge in [-0.05, 0) is 31.1 Å². The van der Waals surface area contributed by atoms with E-state index in [1.807, 2.05) is 12.4 Å². The van der Waals surface area contributed by atoms with Crippen LogP contribution < -0.4 is 5.32 Å². The van der Waals surface area contributed by atoms with Crippen LogP contribution in [0.15, 0.2) is 12.4 Å². The van der Waals surface area contributed by atoms with Crippen molar-refractivity contribution in [2.45, 2.75) is 58.5 Å². The van der Waals surface area contributed by atoms with Gasteiger partial charge in [0, 0.05) is 18.4 Å². The zero-order valence-corrected chi connectivity index (χ0v) is 10.4. The van der Waals surface area contributed by atoms with Crippen LogP contribution in [0.4, 0.5) is 0 Å². The van der Waals surface area contributed by atoms with E-state index in [-0.39, 0.29) is 0 Å². The molecule has 1 aliphatic carbocycles. The first-order valence-corrected chi connectivity index (χ1v) is 6.37. The third kappa shape index (κ3) is 3.34. The lowest BCUT2D eigenvalue weighted by atomic mass is 9.85. The Morgan fingerprint density at radius 3 is 3.06 bits per heavy atom. The molecule has 1 saturated carbocycles. The van der Waals surface area contributed by atoms with Crippen LogP contribution in [0.1, 0.15) is 51.8 Å². The highest BCUT2D eigenvalue weighted by atomic mass is 15.0. The van der Waals surface area contributed by atoms with Crippen LogP contribution in [0.2, 0.25) is 0 Å². The summed E-state index contributed by atoms with van der Waals surface area (Å²) in [5, 5.41) is 3.61. The maximum absolute atomic E-state index is 4.23. The lowest BCUT2D eigenvalue weighted by Crippen LogP contribution is -2.28. The van der Waals surface area contributed by atoms with Crippen molar-refractivity contribution in [3.8, 4) is 0 Å². The molecular formula is C13H23N3. The minimum Gasteiger partial charge on any atom is -0.348 e. The van der Waals surface area contributed by atoms with Gasteiger partial charge >= 0.3 is 0 Å². The molecule has 90 valence electrons. The van der Waals surface area contributed by atoms with Crippen LogP contribution in [0.5, 0.6) is 0 Å². The van der Waals surface area contributed by atoms with Crippen LogP contribution in [-0.2, 0) is 6.54 Å². The van der Waals surface area contributed by atoms with E-state index in [2.05, 4.69) is 29.1 Å². The number of nitrogens with one attached hydrogen (secondary N) is 2. The van der Waals surface area contributed by atoms with Gasteiger partial charge in [0.2, 0.25) is 0 Å². The van der Waals surface area contributed by atoms with Gasteiger partial charge in [-0.25, -0.2) is 4.98 Å². The first-order chi connectivity index (χ1) is 7.66. The summed E-state index contributed by atoms with van der Waals surface area (Å²) in [6.07, 6.45) is 10.4. The summed E-state index contributed by atoms with van der Waals surface area (Å²) in [4.78, 5) is 7.37. The fourth-order valence-corrected chi connectivity index (χ4v) is 2.50. The predicted octanol–water partition coefficient (Wildman–Crippen LogP) is 2.86. The van der Waals surface area contributed by atoms with Crippen LogP contribution in [0.25, 0.3) is 0 Å². The minimum atomic E-state index is 0.543. The Bertz CT molecular complexity index is 303. The van der Waals surface area contributed by atoms with Crippen LogP contribution in [-0.4, -0.2) is 16.0 Å². The highest BCUT2D eigenvalue weighted by Crippen LogP contribution is 2.33. The number of aromatic nitrogens is 2. The number of aromatic amines is 1. The Morgan fingerprint density at radius 2 is 2.31 bits per heavy atom. The number of hydrogen-bond acceptors (Lipinski definition) is 2. The normalized spacial score (nSPS) is 25.2.